The topological polar surface area (TPSA) is 25.8 Å². The number of fused-ring (bicyclic) bond motifs is 1. The molecule has 0 aliphatic carbocycles. The Kier molecular flexibility index (Phi) is 5.02. The first kappa shape index (κ1) is 16.6. The maximum absolute atomic E-state index is 6.02. The minimum absolute atomic E-state index is 0.747. The summed E-state index contributed by atoms with van der Waals surface area (Å²) in [6, 6.07) is 18.5. The number of benzene rings is 2. The van der Waals surface area contributed by atoms with Gasteiger partial charge in [-0.2, -0.15) is 0 Å². The van der Waals surface area contributed by atoms with E-state index in [2.05, 4.69) is 51.7 Å². The van der Waals surface area contributed by atoms with Crippen LogP contribution < -0.4 is 0 Å². The van der Waals surface area contributed by atoms with E-state index < -0.39 is 0 Å². The Hall–Kier alpha value is -1.88. The maximum Gasteiger partial charge on any atom is 0.128 e. The quantitative estimate of drug-likeness (QED) is 0.297. The van der Waals surface area contributed by atoms with Crippen LogP contribution in [0.5, 0.6) is 0 Å². The number of thiophene rings is 1. The fourth-order valence-electron chi connectivity index (χ4n) is 2.71. The Labute approximate surface area is 159 Å². The van der Waals surface area contributed by atoms with Crippen molar-refractivity contribution < 1.29 is 0 Å². The SMILES string of the molecule is Clc1ccc(-c2csc3ncnc(SCCc4ccccc4)c23)cc1. The van der Waals surface area contributed by atoms with E-state index in [1.54, 1.807) is 29.4 Å². The van der Waals surface area contributed by atoms with Crippen LogP contribution in [0.4, 0.5) is 0 Å². The number of halogens is 1. The van der Waals surface area contributed by atoms with Gasteiger partial charge in [0.1, 0.15) is 16.2 Å². The van der Waals surface area contributed by atoms with Crippen molar-refractivity contribution in [3.05, 3.63) is 76.9 Å². The van der Waals surface area contributed by atoms with Gasteiger partial charge in [-0.3, -0.25) is 0 Å². The second kappa shape index (κ2) is 7.56. The summed E-state index contributed by atoms with van der Waals surface area (Å²) in [5.41, 5.74) is 3.68. The van der Waals surface area contributed by atoms with Crippen molar-refractivity contribution >= 4 is 44.9 Å². The molecule has 0 radical (unpaired) electrons. The summed E-state index contributed by atoms with van der Waals surface area (Å²) >= 11 is 9.47. The largest absolute Gasteiger partial charge is 0.229 e. The summed E-state index contributed by atoms with van der Waals surface area (Å²) in [7, 11) is 0. The molecule has 0 bridgehead atoms. The third kappa shape index (κ3) is 3.71. The Bertz CT molecular complexity index is 982. The van der Waals surface area contributed by atoms with Gasteiger partial charge in [0.05, 0.1) is 5.39 Å². The van der Waals surface area contributed by atoms with Crippen LogP contribution in [0.3, 0.4) is 0 Å². The summed E-state index contributed by atoms with van der Waals surface area (Å²) in [6.45, 7) is 0. The van der Waals surface area contributed by atoms with Crippen molar-refractivity contribution in [3.8, 4) is 11.1 Å². The normalized spacial score (nSPS) is 11.1. The maximum atomic E-state index is 6.02. The molecule has 2 nitrogen and oxygen atoms in total. The monoisotopic (exact) mass is 382 g/mol. The lowest BCUT2D eigenvalue weighted by Crippen LogP contribution is -1.91. The Morgan fingerprint density at radius 3 is 2.56 bits per heavy atom. The molecule has 25 heavy (non-hydrogen) atoms. The smallest absolute Gasteiger partial charge is 0.128 e. The molecular weight excluding hydrogens is 368 g/mol. The van der Waals surface area contributed by atoms with Crippen LogP contribution in [0.1, 0.15) is 5.56 Å². The fraction of sp³-hybridized carbons (Fsp3) is 0.100. The number of rotatable bonds is 5. The van der Waals surface area contributed by atoms with Gasteiger partial charge in [-0.1, -0.05) is 54.1 Å². The first-order valence-corrected chi connectivity index (χ1v) is 10.2. The predicted molar refractivity (Wildman–Crippen MR) is 109 cm³/mol. The number of thioether (sulfide) groups is 1. The zero-order valence-electron chi connectivity index (χ0n) is 13.4. The summed E-state index contributed by atoms with van der Waals surface area (Å²) in [4.78, 5) is 10.0. The molecule has 2 aromatic heterocycles. The van der Waals surface area contributed by atoms with Gasteiger partial charge >= 0.3 is 0 Å². The first-order valence-electron chi connectivity index (χ1n) is 7.96. The summed E-state index contributed by atoms with van der Waals surface area (Å²) in [5, 5.41) is 5.10. The molecule has 0 N–H and O–H groups in total. The summed E-state index contributed by atoms with van der Waals surface area (Å²) < 4.78 is 0. The van der Waals surface area contributed by atoms with Gasteiger partial charge in [-0.15, -0.1) is 23.1 Å². The zero-order chi connectivity index (χ0) is 17.1. The fourth-order valence-corrected chi connectivity index (χ4v) is 4.82. The molecular formula is C20H15ClN2S2. The van der Waals surface area contributed by atoms with Crippen molar-refractivity contribution in [3.63, 3.8) is 0 Å². The summed E-state index contributed by atoms with van der Waals surface area (Å²) in [5.74, 6) is 0.992. The number of hydrogen-bond acceptors (Lipinski definition) is 4. The molecule has 0 aliphatic rings. The van der Waals surface area contributed by atoms with Gasteiger partial charge in [0, 0.05) is 21.7 Å². The molecule has 0 amide bonds. The van der Waals surface area contributed by atoms with E-state index in [-0.39, 0.29) is 0 Å². The van der Waals surface area contributed by atoms with Crippen LogP contribution >= 0.6 is 34.7 Å². The van der Waals surface area contributed by atoms with Gasteiger partial charge in [0.15, 0.2) is 0 Å². The number of nitrogens with zero attached hydrogens (tertiary/aromatic N) is 2. The van der Waals surface area contributed by atoms with E-state index in [1.807, 2.05) is 18.2 Å². The standard InChI is InChI=1S/C20H15ClN2S2/c21-16-8-6-15(7-9-16)17-12-25-20-18(17)19(22-13-23-20)24-11-10-14-4-2-1-3-5-14/h1-9,12-13H,10-11H2. The molecule has 0 atom stereocenters. The lowest BCUT2D eigenvalue weighted by atomic mass is 10.1. The third-order valence-electron chi connectivity index (χ3n) is 3.96. The Morgan fingerprint density at radius 1 is 0.960 bits per heavy atom. The average Bonchev–Trinajstić information content (AvgIpc) is 3.08. The van der Waals surface area contributed by atoms with Crippen LogP contribution in [0.2, 0.25) is 5.02 Å². The van der Waals surface area contributed by atoms with Crippen molar-refractivity contribution in [1.82, 2.24) is 9.97 Å². The van der Waals surface area contributed by atoms with Crippen molar-refractivity contribution in [2.24, 2.45) is 0 Å². The van der Waals surface area contributed by atoms with Crippen molar-refractivity contribution in [2.75, 3.05) is 5.75 Å². The van der Waals surface area contributed by atoms with Gasteiger partial charge < -0.3 is 0 Å². The molecule has 5 heteroatoms. The van der Waals surface area contributed by atoms with E-state index >= 15 is 0 Å². The van der Waals surface area contributed by atoms with E-state index in [9.17, 15) is 0 Å². The van der Waals surface area contributed by atoms with E-state index in [4.69, 9.17) is 11.6 Å². The number of hydrogen-bond donors (Lipinski definition) is 0. The molecule has 4 aromatic rings. The van der Waals surface area contributed by atoms with Gasteiger partial charge in [-0.25, -0.2) is 9.97 Å². The summed E-state index contributed by atoms with van der Waals surface area (Å²) in [6.07, 6.45) is 2.69. The Balaban J connectivity index is 1.62. The highest BCUT2D eigenvalue weighted by molar-refractivity contribution is 7.99. The van der Waals surface area contributed by atoms with Crippen LogP contribution in [-0.4, -0.2) is 15.7 Å². The molecule has 0 spiro atoms. The van der Waals surface area contributed by atoms with Crippen LogP contribution in [0.25, 0.3) is 21.3 Å². The number of aromatic nitrogens is 2. The molecule has 0 saturated heterocycles. The van der Waals surface area contributed by atoms with E-state index in [0.717, 1.165) is 38.0 Å². The molecule has 0 unspecified atom stereocenters. The Morgan fingerprint density at radius 2 is 1.76 bits per heavy atom. The highest BCUT2D eigenvalue weighted by atomic mass is 35.5. The highest BCUT2D eigenvalue weighted by Gasteiger charge is 2.13. The van der Waals surface area contributed by atoms with Gasteiger partial charge in [0.2, 0.25) is 0 Å². The predicted octanol–water partition coefficient (Wildman–Crippen LogP) is 6.35. The molecule has 0 aliphatic heterocycles. The average molecular weight is 383 g/mol. The van der Waals surface area contributed by atoms with Crippen LogP contribution in [0.15, 0.2) is 71.3 Å². The van der Waals surface area contributed by atoms with Crippen LogP contribution in [-0.2, 0) is 6.42 Å². The minimum Gasteiger partial charge on any atom is -0.229 e. The van der Waals surface area contributed by atoms with Crippen molar-refractivity contribution in [1.29, 1.82) is 0 Å². The molecule has 4 rings (SSSR count). The molecule has 2 aromatic carbocycles. The first-order chi connectivity index (χ1) is 12.3. The molecule has 0 fully saturated rings. The molecule has 0 saturated carbocycles. The lowest BCUT2D eigenvalue weighted by molar-refractivity contribution is 1.09. The van der Waals surface area contributed by atoms with Gasteiger partial charge in [-0.05, 0) is 29.7 Å². The second-order valence-corrected chi connectivity index (χ2v) is 7.98. The van der Waals surface area contributed by atoms with Crippen molar-refractivity contribution in [2.45, 2.75) is 11.4 Å². The molecule has 2 heterocycles. The zero-order valence-corrected chi connectivity index (χ0v) is 15.7. The molecule has 124 valence electrons. The van der Waals surface area contributed by atoms with E-state index in [0.29, 0.717) is 0 Å². The number of aryl methyl sites for hydroxylation is 1. The minimum atomic E-state index is 0.747. The van der Waals surface area contributed by atoms with E-state index in [1.165, 1.54) is 11.1 Å². The van der Waals surface area contributed by atoms with Crippen LogP contribution in [0, 0.1) is 0 Å². The lowest BCUT2D eigenvalue weighted by Gasteiger charge is -2.06. The third-order valence-corrected chi connectivity index (χ3v) is 6.09. The van der Waals surface area contributed by atoms with Gasteiger partial charge in [0.25, 0.3) is 0 Å². The highest BCUT2D eigenvalue weighted by Crippen LogP contribution is 2.38. The second-order valence-electron chi connectivity index (χ2n) is 5.60.